The molecule has 1 aromatic heterocycles. The van der Waals surface area contributed by atoms with E-state index in [4.69, 9.17) is 23.4 Å². The highest BCUT2D eigenvalue weighted by Gasteiger charge is 2.26. The third kappa shape index (κ3) is 4.31. The molecule has 4 rings (SSSR count). The van der Waals surface area contributed by atoms with Crippen molar-refractivity contribution in [3.05, 3.63) is 52.2 Å². The van der Waals surface area contributed by atoms with Crippen LogP contribution in [0.1, 0.15) is 10.4 Å². The van der Waals surface area contributed by atoms with Crippen molar-refractivity contribution in [2.45, 2.75) is 0 Å². The molecular formula is C25H20O12. The van der Waals surface area contributed by atoms with Gasteiger partial charge < -0.3 is 48.9 Å². The number of esters is 1. The van der Waals surface area contributed by atoms with E-state index in [0.29, 0.717) is 0 Å². The molecular weight excluding hydrogens is 492 g/mol. The minimum absolute atomic E-state index is 0.119. The van der Waals surface area contributed by atoms with Gasteiger partial charge in [0.2, 0.25) is 16.9 Å². The Morgan fingerprint density at radius 3 is 1.89 bits per heavy atom. The van der Waals surface area contributed by atoms with Gasteiger partial charge in [-0.05, 0) is 24.3 Å². The van der Waals surface area contributed by atoms with Gasteiger partial charge in [0.25, 0.3) is 0 Å². The zero-order valence-electron chi connectivity index (χ0n) is 19.6. The Morgan fingerprint density at radius 2 is 1.35 bits per heavy atom. The SMILES string of the molecule is COc1cc(C(=O)Oc2c(-c3cc(O)c(O)c(O)c3)oc3cc(O)cc(O)c3c2=O)cc(OC)c1OC. The van der Waals surface area contributed by atoms with Gasteiger partial charge in [0.15, 0.2) is 34.5 Å². The topological polar surface area (TPSA) is 185 Å². The number of aromatic hydroxyl groups is 5. The zero-order valence-corrected chi connectivity index (χ0v) is 19.6. The molecule has 0 aliphatic rings. The Labute approximate surface area is 207 Å². The van der Waals surface area contributed by atoms with Crippen molar-refractivity contribution in [2.24, 2.45) is 0 Å². The molecule has 0 fully saturated rings. The summed E-state index contributed by atoms with van der Waals surface area (Å²) in [6.45, 7) is 0. The largest absolute Gasteiger partial charge is 0.508 e. The van der Waals surface area contributed by atoms with Crippen LogP contribution in [-0.4, -0.2) is 52.8 Å². The number of hydrogen-bond donors (Lipinski definition) is 5. The monoisotopic (exact) mass is 512 g/mol. The van der Waals surface area contributed by atoms with Crippen LogP contribution in [0.25, 0.3) is 22.3 Å². The average Bonchev–Trinajstić information content (AvgIpc) is 2.86. The molecule has 0 aliphatic carbocycles. The zero-order chi connectivity index (χ0) is 27.0. The van der Waals surface area contributed by atoms with Crippen LogP contribution in [0.15, 0.2) is 45.6 Å². The minimum atomic E-state index is -1.07. The van der Waals surface area contributed by atoms with Gasteiger partial charge in [0, 0.05) is 17.7 Å². The number of hydrogen-bond acceptors (Lipinski definition) is 12. The van der Waals surface area contributed by atoms with Gasteiger partial charge in [-0.2, -0.15) is 0 Å². The van der Waals surface area contributed by atoms with Crippen molar-refractivity contribution in [3.63, 3.8) is 0 Å². The fraction of sp³-hybridized carbons (Fsp3) is 0.120. The average molecular weight is 512 g/mol. The number of carbonyl (C=O) groups excluding carboxylic acids is 1. The van der Waals surface area contributed by atoms with Crippen LogP contribution in [0.2, 0.25) is 0 Å². The lowest BCUT2D eigenvalue weighted by Crippen LogP contribution is -2.17. The molecule has 0 atom stereocenters. The second-order valence-electron chi connectivity index (χ2n) is 7.59. The summed E-state index contributed by atoms with van der Waals surface area (Å²) in [5.41, 5.74) is -1.60. The molecule has 0 radical (unpaired) electrons. The molecule has 12 heteroatoms. The number of fused-ring (bicyclic) bond motifs is 1. The minimum Gasteiger partial charge on any atom is -0.508 e. The summed E-state index contributed by atoms with van der Waals surface area (Å²) >= 11 is 0. The summed E-state index contributed by atoms with van der Waals surface area (Å²) in [7, 11) is 4.05. The maximum absolute atomic E-state index is 13.4. The molecule has 0 saturated heterocycles. The van der Waals surface area contributed by atoms with E-state index < -0.39 is 57.0 Å². The second kappa shape index (κ2) is 9.41. The van der Waals surface area contributed by atoms with Crippen molar-refractivity contribution in [1.29, 1.82) is 0 Å². The molecule has 3 aromatic carbocycles. The van der Waals surface area contributed by atoms with Crippen molar-refractivity contribution in [2.75, 3.05) is 21.3 Å². The van der Waals surface area contributed by atoms with Gasteiger partial charge >= 0.3 is 5.97 Å². The molecule has 4 aromatic rings. The van der Waals surface area contributed by atoms with Crippen LogP contribution in [0, 0.1) is 0 Å². The van der Waals surface area contributed by atoms with Gasteiger partial charge in [0.05, 0.1) is 26.9 Å². The van der Waals surface area contributed by atoms with E-state index in [9.17, 15) is 35.1 Å². The lowest BCUT2D eigenvalue weighted by molar-refractivity contribution is 0.0730. The van der Waals surface area contributed by atoms with E-state index in [2.05, 4.69) is 0 Å². The first-order valence-corrected chi connectivity index (χ1v) is 10.4. The van der Waals surface area contributed by atoms with E-state index in [-0.39, 0.29) is 34.0 Å². The van der Waals surface area contributed by atoms with Gasteiger partial charge in [-0.3, -0.25) is 4.79 Å². The summed E-state index contributed by atoms with van der Waals surface area (Å²) in [6.07, 6.45) is 0. The number of carbonyl (C=O) groups is 1. The van der Waals surface area contributed by atoms with E-state index in [1.165, 1.54) is 33.5 Å². The number of rotatable bonds is 6. The fourth-order valence-electron chi connectivity index (χ4n) is 3.64. The molecule has 0 aliphatic heterocycles. The normalized spacial score (nSPS) is 10.8. The summed E-state index contributed by atoms with van der Waals surface area (Å²) < 4.78 is 26.7. The van der Waals surface area contributed by atoms with Crippen molar-refractivity contribution in [3.8, 4) is 63.1 Å². The molecule has 0 unspecified atom stereocenters. The number of phenols is 5. The molecule has 0 spiro atoms. The number of ether oxygens (including phenoxy) is 4. The predicted octanol–water partition coefficient (Wildman–Crippen LogP) is 3.23. The highest BCUT2D eigenvalue weighted by molar-refractivity contribution is 5.95. The Balaban J connectivity index is 1.95. The second-order valence-corrected chi connectivity index (χ2v) is 7.59. The Bertz CT molecular complexity index is 1550. The Morgan fingerprint density at radius 1 is 0.757 bits per heavy atom. The lowest BCUT2D eigenvalue weighted by Gasteiger charge is -2.15. The van der Waals surface area contributed by atoms with Crippen LogP contribution in [0.4, 0.5) is 0 Å². The number of methoxy groups -OCH3 is 3. The van der Waals surface area contributed by atoms with E-state index in [1.807, 2.05) is 0 Å². The molecule has 5 N–H and O–H groups in total. The van der Waals surface area contributed by atoms with Crippen molar-refractivity contribution >= 4 is 16.9 Å². The van der Waals surface area contributed by atoms with Gasteiger partial charge in [-0.25, -0.2) is 4.79 Å². The molecule has 1 heterocycles. The van der Waals surface area contributed by atoms with Crippen LogP contribution in [0.5, 0.6) is 51.7 Å². The Hall–Kier alpha value is -5.26. The highest BCUT2D eigenvalue weighted by Crippen LogP contribution is 2.43. The summed E-state index contributed by atoms with van der Waals surface area (Å²) in [5.74, 6) is -5.26. The van der Waals surface area contributed by atoms with E-state index >= 15 is 0 Å². The number of benzene rings is 3. The van der Waals surface area contributed by atoms with E-state index in [0.717, 1.165) is 24.3 Å². The van der Waals surface area contributed by atoms with Crippen LogP contribution >= 0.6 is 0 Å². The maximum Gasteiger partial charge on any atom is 0.344 e. The molecule has 0 amide bonds. The molecule has 0 saturated carbocycles. The lowest BCUT2D eigenvalue weighted by atomic mass is 10.1. The maximum atomic E-state index is 13.4. The van der Waals surface area contributed by atoms with Crippen molar-refractivity contribution in [1.82, 2.24) is 0 Å². The van der Waals surface area contributed by atoms with Crippen LogP contribution < -0.4 is 24.4 Å². The molecule has 37 heavy (non-hydrogen) atoms. The summed E-state index contributed by atoms with van der Waals surface area (Å²) in [4.78, 5) is 26.5. The highest BCUT2D eigenvalue weighted by atomic mass is 16.5. The first kappa shape index (κ1) is 24.9. The first-order valence-electron chi connectivity index (χ1n) is 10.4. The van der Waals surface area contributed by atoms with Crippen LogP contribution in [0.3, 0.4) is 0 Å². The van der Waals surface area contributed by atoms with Crippen LogP contribution in [-0.2, 0) is 0 Å². The summed E-state index contributed by atoms with van der Waals surface area (Å²) in [6, 6.07) is 6.36. The third-order valence-electron chi connectivity index (χ3n) is 5.34. The molecule has 0 bridgehead atoms. The van der Waals surface area contributed by atoms with Crippen molar-refractivity contribution < 1.29 is 53.7 Å². The quantitative estimate of drug-likeness (QED) is 0.188. The van der Waals surface area contributed by atoms with Gasteiger partial charge in [-0.1, -0.05) is 0 Å². The number of phenolic OH excluding ortho intramolecular Hbond substituents is 5. The Kier molecular flexibility index (Phi) is 6.32. The molecule has 192 valence electrons. The predicted molar refractivity (Wildman–Crippen MR) is 127 cm³/mol. The van der Waals surface area contributed by atoms with Gasteiger partial charge in [0.1, 0.15) is 22.5 Å². The smallest absolute Gasteiger partial charge is 0.344 e. The third-order valence-corrected chi connectivity index (χ3v) is 5.34. The molecule has 12 nitrogen and oxygen atoms in total. The first-order chi connectivity index (χ1) is 17.6. The fourth-order valence-corrected chi connectivity index (χ4v) is 3.64. The summed E-state index contributed by atoms with van der Waals surface area (Å²) in [5, 5.41) is 49.3. The van der Waals surface area contributed by atoms with Gasteiger partial charge in [-0.15, -0.1) is 0 Å². The standard InChI is InChI=1S/C25H20O12/c1-33-17-6-11(7-18(34-2)23(17)35-3)25(32)37-24-21(31)19-13(27)8-12(26)9-16(19)36-22(24)10-4-14(28)20(30)15(29)5-10/h4-9,26-30H,1-3H3. The van der Waals surface area contributed by atoms with E-state index in [1.54, 1.807) is 0 Å².